The van der Waals surface area contributed by atoms with Crippen LogP contribution in [-0.2, 0) is 4.74 Å². The van der Waals surface area contributed by atoms with E-state index < -0.39 is 35.2 Å². The normalized spacial score (nSPS) is 40.8. The van der Waals surface area contributed by atoms with Crippen LogP contribution in [0.5, 0.6) is 0 Å². The molecule has 41 heavy (non-hydrogen) atoms. The molecule has 0 radical (unpaired) electrons. The van der Waals surface area contributed by atoms with Gasteiger partial charge in [0.25, 0.3) is 0 Å². The summed E-state index contributed by atoms with van der Waals surface area (Å²) in [5, 5.41) is 32.8. The van der Waals surface area contributed by atoms with Crippen LogP contribution in [-0.4, -0.2) is 45.1 Å². The summed E-state index contributed by atoms with van der Waals surface area (Å²) in [6.45, 7) is 11.8. The molecule has 0 amide bonds. The second-order valence-corrected chi connectivity index (χ2v) is 15.1. The van der Waals surface area contributed by atoms with Gasteiger partial charge in [-0.2, -0.15) is 0 Å². The molecule has 0 bridgehead atoms. The first-order valence-corrected chi connectivity index (χ1v) is 16.3. The number of aliphatic hydroxyl groups excluding tert-OH is 1. The van der Waals surface area contributed by atoms with E-state index in [1.807, 2.05) is 0 Å². The maximum atomic E-state index is 13.5. The second kappa shape index (κ2) is 11.3. The Morgan fingerprint density at radius 3 is 2.37 bits per heavy atom. The smallest absolute Gasteiger partial charge is 0.339 e. The molecule has 0 aliphatic heterocycles. The number of esters is 1. The molecule has 3 N–H and O–H groups in total. The Morgan fingerprint density at radius 2 is 1.68 bits per heavy atom. The topological polar surface area (TPSA) is 104 Å². The van der Waals surface area contributed by atoms with Crippen molar-refractivity contribution < 1.29 is 29.6 Å². The maximum absolute atomic E-state index is 13.5. The summed E-state index contributed by atoms with van der Waals surface area (Å²) in [4.78, 5) is 25.4. The van der Waals surface area contributed by atoms with Crippen molar-refractivity contribution in [1.29, 1.82) is 0 Å². The number of hydrogen-bond donors (Lipinski definition) is 3. The Hall–Kier alpha value is -1.92. The minimum absolute atomic E-state index is 0.00780. The number of carbonyl (C=O) groups excluding carboxylic acids is 1. The van der Waals surface area contributed by atoms with Crippen LogP contribution in [0.25, 0.3) is 0 Å². The minimum atomic E-state index is -1.35. The number of fused-ring (bicyclic) bond motifs is 5. The molecule has 0 aromatic heterocycles. The lowest BCUT2D eigenvalue weighted by Crippen LogP contribution is -2.69. The number of aliphatic hydroxyl groups is 2. The number of hydrogen-bond acceptors (Lipinski definition) is 5. The third-order valence-corrected chi connectivity index (χ3v) is 12.6. The Kier molecular flexibility index (Phi) is 8.41. The van der Waals surface area contributed by atoms with E-state index in [0.29, 0.717) is 48.9 Å². The lowest BCUT2D eigenvalue weighted by atomic mass is 9.42. The average Bonchev–Trinajstić information content (AvgIpc) is 3.27. The van der Waals surface area contributed by atoms with E-state index in [4.69, 9.17) is 4.74 Å². The van der Waals surface area contributed by atoms with Gasteiger partial charge in [0.1, 0.15) is 11.7 Å². The third-order valence-electron chi connectivity index (χ3n) is 12.6. The van der Waals surface area contributed by atoms with E-state index in [1.54, 1.807) is 12.1 Å². The van der Waals surface area contributed by atoms with Crippen molar-refractivity contribution in [3.8, 4) is 0 Å². The summed E-state index contributed by atoms with van der Waals surface area (Å²) in [6.07, 6.45) is 9.14. The predicted molar refractivity (Wildman–Crippen MR) is 159 cm³/mol. The van der Waals surface area contributed by atoms with Gasteiger partial charge in [-0.1, -0.05) is 66.0 Å². The van der Waals surface area contributed by atoms with Crippen molar-refractivity contribution in [3.05, 3.63) is 35.4 Å². The standard InChI is InChI=1S/C35H52O6/c1-21(2)9-8-10-22(3)27-13-14-28-26-19-30(41-32(39)25-12-7-6-11-24(25)31(37)38)35(40)20-23(36)15-18-34(35,5)29(26)16-17-33(27,28)4/h6-7,11-12,21-23,26-30,36,40H,8-10,13-20H2,1-5H3,(H,37,38)/t22-,23+,26+,27-,28+,29+,30-,33-,34-,35+/m1/s1. The first kappa shape index (κ1) is 30.5. The summed E-state index contributed by atoms with van der Waals surface area (Å²) < 4.78 is 6.17. The van der Waals surface area contributed by atoms with Crippen LogP contribution in [0, 0.1) is 46.3 Å². The molecule has 0 heterocycles. The quantitative estimate of drug-likeness (QED) is 0.289. The van der Waals surface area contributed by atoms with Crippen LogP contribution in [0.15, 0.2) is 24.3 Å². The number of rotatable bonds is 8. The molecule has 228 valence electrons. The highest BCUT2D eigenvalue weighted by Crippen LogP contribution is 2.69. The summed E-state index contributed by atoms with van der Waals surface area (Å²) in [7, 11) is 0. The van der Waals surface area contributed by atoms with Crippen LogP contribution in [0.1, 0.15) is 126 Å². The number of aromatic carboxylic acids is 1. The molecule has 6 heteroatoms. The lowest BCUT2D eigenvalue weighted by molar-refractivity contribution is -0.264. The molecule has 6 nitrogen and oxygen atoms in total. The van der Waals surface area contributed by atoms with Crippen LogP contribution < -0.4 is 0 Å². The van der Waals surface area contributed by atoms with Gasteiger partial charge in [0.05, 0.1) is 17.2 Å². The number of benzene rings is 1. The van der Waals surface area contributed by atoms with Crippen molar-refractivity contribution >= 4 is 11.9 Å². The van der Waals surface area contributed by atoms with Crippen LogP contribution in [0.4, 0.5) is 0 Å². The fourth-order valence-electron chi connectivity index (χ4n) is 10.4. The second-order valence-electron chi connectivity index (χ2n) is 15.1. The Morgan fingerprint density at radius 1 is 0.976 bits per heavy atom. The van der Waals surface area contributed by atoms with E-state index >= 15 is 0 Å². The van der Waals surface area contributed by atoms with Gasteiger partial charge in [-0.05, 0) is 98.0 Å². The highest BCUT2D eigenvalue weighted by atomic mass is 16.6. The van der Waals surface area contributed by atoms with Crippen molar-refractivity contribution in [2.45, 2.75) is 123 Å². The van der Waals surface area contributed by atoms with Gasteiger partial charge < -0.3 is 20.1 Å². The summed E-state index contributed by atoms with van der Waals surface area (Å²) in [5.74, 6) is 1.38. The molecular weight excluding hydrogens is 516 g/mol. The zero-order valence-corrected chi connectivity index (χ0v) is 25.8. The fraction of sp³-hybridized carbons (Fsp3) is 0.771. The summed E-state index contributed by atoms with van der Waals surface area (Å²) in [6, 6.07) is 6.12. The monoisotopic (exact) mass is 568 g/mol. The zero-order valence-electron chi connectivity index (χ0n) is 25.8. The molecule has 1 aromatic carbocycles. The molecule has 5 rings (SSSR count). The first-order valence-electron chi connectivity index (χ1n) is 16.3. The zero-order chi connectivity index (χ0) is 29.7. The first-order chi connectivity index (χ1) is 19.3. The van der Waals surface area contributed by atoms with Crippen molar-refractivity contribution in [2.24, 2.45) is 46.3 Å². The maximum Gasteiger partial charge on any atom is 0.339 e. The molecule has 0 unspecified atom stereocenters. The van der Waals surface area contributed by atoms with Crippen molar-refractivity contribution in [2.75, 3.05) is 0 Å². The van der Waals surface area contributed by atoms with E-state index in [1.165, 1.54) is 50.7 Å². The highest BCUT2D eigenvalue weighted by molar-refractivity contribution is 6.02. The molecule has 1 aromatic rings. The fourth-order valence-corrected chi connectivity index (χ4v) is 10.4. The Balaban J connectivity index is 1.44. The largest absolute Gasteiger partial charge is 0.478 e. The average molecular weight is 569 g/mol. The molecule has 0 spiro atoms. The van der Waals surface area contributed by atoms with Crippen molar-refractivity contribution in [3.63, 3.8) is 0 Å². The molecule has 10 atom stereocenters. The van der Waals surface area contributed by atoms with Crippen LogP contribution in [0.3, 0.4) is 0 Å². The molecular formula is C35H52O6. The van der Waals surface area contributed by atoms with Gasteiger partial charge >= 0.3 is 11.9 Å². The summed E-state index contributed by atoms with van der Waals surface area (Å²) >= 11 is 0. The third kappa shape index (κ3) is 5.15. The van der Waals surface area contributed by atoms with Gasteiger partial charge in [-0.25, -0.2) is 9.59 Å². The number of carboxylic acid groups (broad SMARTS) is 1. The van der Waals surface area contributed by atoms with Gasteiger partial charge in [-0.3, -0.25) is 0 Å². The minimum Gasteiger partial charge on any atom is -0.478 e. The van der Waals surface area contributed by atoms with Gasteiger partial charge in [0, 0.05) is 11.8 Å². The highest BCUT2D eigenvalue weighted by Gasteiger charge is 2.68. The number of ether oxygens (including phenoxy) is 1. The van der Waals surface area contributed by atoms with Gasteiger partial charge in [-0.15, -0.1) is 0 Å². The lowest BCUT2D eigenvalue weighted by Gasteiger charge is -2.65. The van der Waals surface area contributed by atoms with Gasteiger partial charge in [0.15, 0.2) is 0 Å². The van der Waals surface area contributed by atoms with Gasteiger partial charge in [0.2, 0.25) is 0 Å². The molecule has 4 aliphatic carbocycles. The summed E-state index contributed by atoms with van der Waals surface area (Å²) in [5.41, 5.74) is -1.68. The predicted octanol–water partition coefficient (Wildman–Crippen LogP) is 7.12. The van der Waals surface area contributed by atoms with E-state index in [2.05, 4.69) is 34.6 Å². The Labute approximate surface area is 246 Å². The number of carboxylic acids is 1. The molecule has 4 saturated carbocycles. The van der Waals surface area contributed by atoms with E-state index in [-0.39, 0.29) is 23.0 Å². The SMILES string of the molecule is CC(C)CCC[C@@H](C)[C@H]1CC[C@H]2[C@@H]3C[C@@H](OC(=O)c4ccccc4C(=O)O)[C@@]4(O)C[C@@H](O)CC[C@]4(C)[C@H]3CC[C@]12C. The van der Waals surface area contributed by atoms with E-state index in [0.717, 1.165) is 12.3 Å². The van der Waals surface area contributed by atoms with Crippen molar-refractivity contribution in [1.82, 2.24) is 0 Å². The molecule has 0 saturated heterocycles. The number of carbonyl (C=O) groups is 2. The van der Waals surface area contributed by atoms with E-state index in [9.17, 15) is 24.9 Å². The Bertz CT molecular complexity index is 1130. The molecule has 4 fully saturated rings. The van der Waals surface area contributed by atoms with Crippen LogP contribution >= 0.6 is 0 Å². The van der Waals surface area contributed by atoms with Crippen LogP contribution in [0.2, 0.25) is 0 Å². The molecule has 4 aliphatic rings.